The highest BCUT2D eigenvalue weighted by molar-refractivity contribution is 5.00. The summed E-state index contributed by atoms with van der Waals surface area (Å²) >= 11 is 0. The molecule has 0 bridgehead atoms. The highest BCUT2D eigenvalue weighted by Crippen LogP contribution is 2.41. The van der Waals surface area contributed by atoms with Crippen molar-refractivity contribution in [1.82, 2.24) is 4.90 Å². The van der Waals surface area contributed by atoms with Crippen LogP contribution < -0.4 is 5.73 Å². The largest absolute Gasteiger partial charge is 0.329 e. The van der Waals surface area contributed by atoms with E-state index in [9.17, 15) is 0 Å². The molecule has 3 unspecified atom stereocenters. The van der Waals surface area contributed by atoms with Crippen LogP contribution in [0.5, 0.6) is 0 Å². The van der Waals surface area contributed by atoms with E-state index in [-0.39, 0.29) is 0 Å². The third-order valence-electron chi connectivity index (χ3n) is 4.83. The van der Waals surface area contributed by atoms with Gasteiger partial charge in [-0.15, -0.1) is 0 Å². The Hall–Kier alpha value is -0.0800. The molecule has 2 fully saturated rings. The molecule has 0 amide bonds. The molecule has 1 aliphatic carbocycles. The zero-order chi connectivity index (χ0) is 10.9. The number of hydrogen-bond donors (Lipinski definition) is 1. The quantitative estimate of drug-likeness (QED) is 0.757. The number of nitrogens with zero attached hydrogens (tertiary/aromatic N) is 1. The van der Waals surface area contributed by atoms with Crippen LogP contribution >= 0.6 is 0 Å². The van der Waals surface area contributed by atoms with Crippen molar-refractivity contribution in [3.05, 3.63) is 0 Å². The minimum Gasteiger partial charge on any atom is -0.329 e. The van der Waals surface area contributed by atoms with E-state index in [4.69, 9.17) is 5.73 Å². The number of likely N-dealkylation sites (tertiary alicyclic amines) is 1. The van der Waals surface area contributed by atoms with Crippen molar-refractivity contribution >= 4 is 0 Å². The Labute approximate surface area is 94.2 Å². The molecule has 88 valence electrons. The van der Waals surface area contributed by atoms with E-state index in [2.05, 4.69) is 18.7 Å². The van der Waals surface area contributed by atoms with Gasteiger partial charge in [0.15, 0.2) is 0 Å². The van der Waals surface area contributed by atoms with E-state index < -0.39 is 0 Å². The van der Waals surface area contributed by atoms with E-state index in [1.54, 1.807) is 0 Å². The van der Waals surface area contributed by atoms with Crippen LogP contribution in [0.4, 0.5) is 0 Å². The van der Waals surface area contributed by atoms with Crippen molar-refractivity contribution in [2.24, 2.45) is 17.6 Å². The summed E-state index contributed by atoms with van der Waals surface area (Å²) in [6, 6.07) is 0. The Morgan fingerprint density at radius 2 is 1.93 bits per heavy atom. The monoisotopic (exact) mass is 210 g/mol. The maximum atomic E-state index is 6.11. The number of nitrogens with two attached hydrogens (primary N) is 1. The van der Waals surface area contributed by atoms with Crippen molar-refractivity contribution in [3.8, 4) is 0 Å². The third-order valence-corrected chi connectivity index (χ3v) is 4.83. The predicted molar refractivity (Wildman–Crippen MR) is 64.8 cm³/mol. The molecule has 1 aliphatic heterocycles. The first-order valence-electron chi connectivity index (χ1n) is 6.64. The lowest BCUT2D eigenvalue weighted by atomic mass is 9.69. The molecule has 0 aromatic heterocycles. The van der Waals surface area contributed by atoms with Crippen LogP contribution in [0.2, 0.25) is 0 Å². The number of hydrogen-bond acceptors (Lipinski definition) is 2. The highest BCUT2D eigenvalue weighted by atomic mass is 15.2. The molecule has 2 aliphatic rings. The molecule has 0 aromatic rings. The maximum Gasteiger partial charge on any atom is 0.0357 e. The molecule has 1 saturated heterocycles. The normalized spacial score (nSPS) is 43.4. The zero-order valence-electron chi connectivity index (χ0n) is 10.3. The standard InChI is InChI=1S/C13H26N2/c1-11-5-6-13(10-14,12(2)9-11)15-7-3-4-8-15/h11-12H,3-10,14H2,1-2H3. The van der Waals surface area contributed by atoms with Gasteiger partial charge in [0.05, 0.1) is 0 Å². The lowest BCUT2D eigenvalue weighted by Gasteiger charge is -2.50. The molecule has 2 N–H and O–H groups in total. The molecule has 3 atom stereocenters. The summed E-state index contributed by atoms with van der Waals surface area (Å²) in [6.45, 7) is 8.24. The first-order valence-corrected chi connectivity index (χ1v) is 6.64. The average Bonchev–Trinajstić information content (AvgIpc) is 2.72. The first kappa shape index (κ1) is 11.4. The van der Waals surface area contributed by atoms with Crippen molar-refractivity contribution in [1.29, 1.82) is 0 Å². The Kier molecular flexibility index (Phi) is 3.36. The molecule has 2 nitrogen and oxygen atoms in total. The smallest absolute Gasteiger partial charge is 0.0357 e. The fourth-order valence-electron chi connectivity index (χ4n) is 3.75. The second kappa shape index (κ2) is 4.42. The minimum atomic E-state index is 0.350. The lowest BCUT2D eigenvalue weighted by molar-refractivity contribution is 0.0165. The van der Waals surface area contributed by atoms with Crippen LogP contribution in [-0.2, 0) is 0 Å². The highest BCUT2D eigenvalue weighted by Gasteiger charge is 2.44. The Balaban J connectivity index is 2.12. The van der Waals surface area contributed by atoms with E-state index in [1.807, 2.05) is 0 Å². The van der Waals surface area contributed by atoms with Gasteiger partial charge in [-0.3, -0.25) is 4.90 Å². The van der Waals surface area contributed by atoms with Gasteiger partial charge in [-0.1, -0.05) is 13.8 Å². The third kappa shape index (κ3) is 1.94. The molecule has 1 saturated carbocycles. The first-order chi connectivity index (χ1) is 7.19. The summed E-state index contributed by atoms with van der Waals surface area (Å²) in [4.78, 5) is 2.70. The fraction of sp³-hybridized carbons (Fsp3) is 1.00. The van der Waals surface area contributed by atoms with Gasteiger partial charge < -0.3 is 5.73 Å². The molecule has 0 aromatic carbocycles. The molecule has 1 heterocycles. The molecule has 2 rings (SSSR count). The van der Waals surface area contributed by atoms with Gasteiger partial charge in [-0.2, -0.15) is 0 Å². The Morgan fingerprint density at radius 3 is 2.47 bits per heavy atom. The Bertz CT molecular complexity index is 211. The van der Waals surface area contributed by atoms with Crippen molar-refractivity contribution in [3.63, 3.8) is 0 Å². The van der Waals surface area contributed by atoms with Gasteiger partial charge in [0, 0.05) is 12.1 Å². The van der Waals surface area contributed by atoms with Gasteiger partial charge in [-0.05, 0) is 57.0 Å². The SMILES string of the molecule is CC1CCC(CN)(N2CCCC2)C(C)C1. The van der Waals surface area contributed by atoms with Crippen LogP contribution in [0.15, 0.2) is 0 Å². The fourth-order valence-corrected chi connectivity index (χ4v) is 3.75. The van der Waals surface area contributed by atoms with Crippen LogP contribution in [-0.4, -0.2) is 30.1 Å². The molecule has 0 radical (unpaired) electrons. The summed E-state index contributed by atoms with van der Waals surface area (Å²) in [7, 11) is 0. The second-order valence-corrected chi connectivity index (χ2v) is 5.78. The second-order valence-electron chi connectivity index (χ2n) is 5.78. The van der Waals surface area contributed by atoms with Gasteiger partial charge in [0.25, 0.3) is 0 Å². The van der Waals surface area contributed by atoms with E-state index >= 15 is 0 Å². The summed E-state index contributed by atoms with van der Waals surface area (Å²) in [6.07, 6.45) is 6.83. The van der Waals surface area contributed by atoms with E-state index in [0.717, 1.165) is 18.4 Å². The summed E-state index contributed by atoms with van der Waals surface area (Å²) in [5.41, 5.74) is 6.46. The summed E-state index contributed by atoms with van der Waals surface area (Å²) in [5, 5.41) is 0. The average molecular weight is 210 g/mol. The van der Waals surface area contributed by atoms with Crippen LogP contribution in [0, 0.1) is 11.8 Å². The zero-order valence-corrected chi connectivity index (χ0v) is 10.3. The molecular formula is C13H26N2. The minimum absolute atomic E-state index is 0.350. The van der Waals surface area contributed by atoms with Crippen molar-refractivity contribution in [2.75, 3.05) is 19.6 Å². The summed E-state index contributed by atoms with van der Waals surface area (Å²) in [5.74, 6) is 1.69. The molecular weight excluding hydrogens is 184 g/mol. The maximum absolute atomic E-state index is 6.11. The van der Waals surface area contributed by atoms with Gasteiger partial charge in [0.1, 0.15) is 0 Å². The summed E-state index contributed by atoms with van der Waals surface area (Å²) < 4.78 is 0. The predicted octanol–water partition coefficient (Wildman–Crippen LogP) is 2.24. The number of rotatable bonds is 2. The molecule has 2 heteroatoms. The Morgan fingerprint density at radius 1 is 1.27 bits per heavy atom. The van der Waals surface area contributed by atoms with Gasteiger partial charge >= 0.3 is 0 Å². The topological polar surface area (TPSA) is 29.3 Å². The van der Waals surface area contributed by atoms with E-state index in [1.165, 1.54) is 45.2 Å². The molecule has 15 heavy (non-hydrogen) atoms. The lowest BCUT2D eigenvalue weighted by Crippen LogP contribution is -2.59. The van der Waals surface area contributed by atoms with E-state index in [0.29, 0.717) is 5.54 Å². The van der Waals surface area contributed by atoms with Crippen LogP contribution in [0.3, 0.4) is 0 Å². The molecule has 0 spiro atoms. The van der Waals surface area contributed by atoms with Crippen LogP contribution in [0.1, 0.15) is 46.0 Å². The van der Waals surface area contributed by atoms with Crippen LogP contribution in [0.25, 0.3) is 0 Å². The van der Waals surface area contributed by atoms with Crippen molar-refractivity contribution in [2.45, 2.75) is 51.5 Å². The van der Waals surface area contributed by atoms with Gasteiger partial charge in [-0.25, -0.2) is 0 Å². The van der Waals surface area contributed by atoms with Crippen molar-refractivity contribution < 1.29 is 0 Å². The van der Waals surface area contributed by atoms with Gasteiger partial charge in [0.2, 0.25) is 0 Å².